The normalized spacial score (nSPS) is 16.2. The van der Waals surface area contributed by atoms with E-state index in [4.69, 9.17) is 9.26 Å². The fourth-order valence-corrected chi connectivity index (χ4v) is 3.25. The number of nitrogens with zero attached hydrogens (tertiary/aromatic N) is 4. The van der Waals surface area contributed by atoms with Crippen molar-refractivity contribution in [2.75, 3.05) is 13.7 Å². The Balaban J connectivity index is 1.74. The van der Waals surface area contributed by atoms with E-state index in [-0.39, 0.29) is 24.3 Å². The van der Waals surface area contributed by atoms with Gasteiger partial charge in [0.1, 0.15) is 5.54 Å². The molecule has 1 amide bonds. The second-order valence-corrected chi connectivity index (χ2v) is 8.43. The Bertz CT molecular complexity index is 723. The van der Waals surface area contributed by atoms with Crippen LogP contribution in [0.25, 0.3) is 0 Å². The molecular weight excluding hydrogens is 360 g/mol. The van der Waals surface area contributed by atoms with Crippen LogP contribution in [0.2, 0.25) is 0 Å². The third-order valence-corrected chi connectivity index (χ3v) is 5.17. The van der Waals surface area contributed by atoms with Gasteiger partial charge in [0, 0.05) is 25.3 Å². The van der Waals surface area contributed by atoms with Crippen LogP contribution in [-0.2, 0) is 26.2 Å². The number of rotatable bonds is 7. The van der Waals surface area contributed by atoms with E-state index in [1.54, 1.807) is 7.05 Å². The predicted octanol–water partition coefficient (Wildman–Crippen LogP) is 2.92. The number of carbonyl (C=O) groups excluding carboxylic acids is 2. The zero-order valence-electron chi connectivity index (χ0n) is 17.3. The topological polar surface area (TPSA) is 109 Å². The number of esters is 1. The highest BCUT2D eigenvalue weighted by molar-refractivity contribution is 5.81. The first-order valence-corrected chi connectivity index (χ1v) is 9.84. The summed E-state index contributed by atoms with van der Waals surface area (Å²) in [6, 6.07) is 2.29. The van der Waals surface area contributed by atoms with Gasteiger partial charge in [-0.2, -0.15) is 10.2 Å². The van der Waals surface area contributed by atoms with Crippen LogP contribution in [0, 0.1) is 11.3 Å². The first kappa shape index (κ1) is 21.9. The maximum absolute atomic E-state index is 12.4. The summed E-state index contributed by atoms with van der Waals surface area (Å²) >= 11 is 0. The lowest BCUT2D eigenvalue weighted by Crippen LogP contribution is -2.51. The van der Waals surface area contributed by atoms with Crippen molar-refractivity contribution in [1.82, 2.24) is 15.0 Å². The van der Waals surface area contributed by atoms with E-state index in [9.17, 15) is 14.9 Å². The lowest BCUT2D eigenvalue weighted by atomic mass is 9.81. The maximum Gasteiger partial charge on any atom is 0.306 e. The van der Waals surface area contributed by atoms with Gasteiger partial charge < -0.3 is 14.2 Å². The number of likely N-dealkylation sites (N-methyl/N-ethyl adjacent to an activating group) is 1. The molecule has 0 saturated heterocycles. The summed E-state index contributed by atoms with van der Waals surface area (Å²) < 4.78 is 10.3. The molecule has 0 aromatic carbocycles. The molecule has 8 nitrogen and oxygen atoms in total. The molecule has 1 aliphatic rings. The van der Waals surface area contributed by atoms with Crippen molar-refractivity contribution < 1.29 is 18.8 Å². The number of hydrogen-bond acceptors (Lipinski definition) is 7. The smallest absolute Gasteiger partial charge is 0.306 e. The van der Waals surface area contributed by atoms with Gasteiger partial charge in [-0.15, -0.1) is 0 Å². The van der Waals surface area contributed by atoms with Crippen LogP contribution in [0.5, 0.6) is 0 Å². The van der Waals surface area contributed by atoms with Crippen molar-refractivity contribution in [3.05, 3.63) is 11.7 Å². The molecule has 0 N–H and O–H groups in total. The number of amides is 1. The van der Waals surface area contributed by atoms with Crippen LogP contribution in [0.4, 0.5) is 0 Å². The SMILES string of the molecule is CN(C(=O)COC(=O)CCCc1nc(C(C)(C)C)no1)C1(C#N)CCCCC1. The van der Waals surface area contributed by atoms with Crippen molar-refractivity contribution in [1.29, 1.82) is 5.26 Å². The molecule has 0 unspecified atom stereocenters. The zero-order chi connectivity index (χ0) is 20.8. The minimum absolute atomic E-state index is 0.160. The molecule has 1 fully saturated rings. The van der Waals surface area contributed by atoms with Crippen LogP contribution in [0.3, 0.4) is 0 Å². The number of ether oxygens (including phenoxy) is 1. The third-order valence-electron chi connectivity index (χ3n) is 5.17. The van der Waals surface area contributed by atoms with Crippen molar-refractivity contribution in [3.63, 3.8) is 0 Å². The number of carbonyl (C=O) groups is 2. The average Bonchev–Trinajstić information content (AvgIpc) is 3.15. The largest absolute Gasteiger partial charge is 0.456 e. The lowest BCUT2D eigenvalue weighted by Gasteiger charge is -2.38. The highest BCUT2D eigenvalue weighted by Gasteiger charge is 2.38. The molecule has 1 saturated carbocycles. The van der Waals surface area contributed by atoms with E-state index >= 15 is 0 Å². The molecule has 1 aromatic heterocycles. The first-order valence-electron chi connectivity index (χ1n) is 9.84. The average molecular weight is 390 g/mol. The summed E-state index contributed by atoms with van der Waals surface area (Å²) in [6.07, 6.45) is 5.40. The summed E-state index contributed by atoms with van der Waals surface area (Å²) in [7, 11) is 1.62. The number of aromatic nitrogens is 2. The fourth-order valence-electron chi connectivity index (χ4n) is 3.25. The van der Waals surface area contributed by atoms with E-state index in [1.807, 2.05) is 20.8 Å². The van der Waals surface area contributed by atoms with E-state index in [0.29, 0.717) is 37.4 Å². The Morgan fingerprint density at radius 3 is 2.54 bits per heavy atom. The second-order valence-electron chi connectivity index (χ2n) is 8.43. The van der Waals surface area contributed by atoms with E-state index < -0.39 is 11.5 Å². The molecule has 8 heteroatoms. The summed E-state index contributed by atoms with van der Waals surface area (Å²) in [6.45, 7) is 5.65. The molecule has 1 aromatic rings. The van der Waals surface area contributed by atoms with Crippen molar-refractivity contribution >= 4 is 11.9 Å². The van der Waals surface area contributed by atoms with Crippen LogP contribution in [-0.4, -0.2) is 46.1 Å². The monoisotopic (exact) mass is 390 g/mol. The quantitative estimate of drug-likeness (QED) is 0.658. The van der Waals surface area contributed by atoms with Gasteiger partial charge in [0.15, 0.2) is 12.4 Å². The summed E-state index contributed by atoms with van der Waals surface area (Å²) in [4.78, 5) is 30.1. The van der Waals surface area contributed by atoms with E-state index in [0.717, 1.165) is 19.3 Å². The van der Waals surface area contributed by atoms with Crippen LogP contribution < -0.4 is 0 Å². The zero-order valence-corrected chi connectivity index (χ0v) is 17.3. The Hall–Kier alpha value is -2.43. The molecule has 154 valence electrons. The van der Waals surface area contributed by atoms with Gasteiger partial charge in [0.25, 0.3) is 5.91 Å². The Morgan fingerprint density at radius 1 is 1.29 bits per heavy atom. The van der Waals surface area contributed by atoms with Gasteiger partial charge in [-0.3, -0.25) is 9.59 Å². The molecule has 0 aliphatic heterocycles. The van der Waals surface area contributed by atoms with Crippen molar-refractivity contribution in [2.45, 2.75) is 83.1 Å². The molecule has 28 heavy (non-hydrogen) atoms. The molecule has 1 aliphatic carbocycles. The molecular formula is C20H30N4O4. The van der Waals surface area contributed by atoms with Gasteiger partial charge in [-0.1, -0.05) is 45.2 Å². The highest BCUT2D eigenvalue weighted by atomic mass is 16.5. The third kappa shape index (κ3) is 5.54. The van der Waals surface area contributed by atoms with E-state index in [1.165, 1.54) is 4.90 Å². The molecule has 2 rings (SSSR count). The predicted molar refractivity (Wildman–Crippen MR) is 101 cm³/mol. The van der Waals surface area contributed by atoms with E-state index in [2.05, 4.69) is 16.2 Å². The maximum atomic E-state index is 12.4. The van der Waals surface area contributed by atoms with Gasteiger partial charge in [0.05, 0.1) is 6.07 Å². The number of aryl methyl sites for hydroxylation is 1. The van der Waals surface area contributed by atoms with Gasteiger partial charge >= 0.3 is 5.97 Å². The van der Waals surface area contributed by atoms with Crippen LogP contribution >= 0.6 is 0 Å². The molecule has 0 bridgehead atoms. The molecule has 0 atom stereocenters. The second kappa shape index (κ2) is 9.18. The Morgan fingerprint density at radius 2 is 1.96 bits per heavy atom. The number of hydrogen-bond donors (Lipinski definition) is 0. The fraction of sp³-hybridized carbons (Fsp3) is 0.750. The minimum Gasteiger partial charge on any atom is -0.456 e. The Kier molecular flexibility index (Phi) is 7.17. The van der Waals surface area contributed by atoms with Gasteiger partial charge in [-0.25, -0.2) is 0 Å². The van der Waals surface area contributed by atoms with Crippen LogP contribution in [0.1, 0.15) is 77.4 Å². The standard InChI is InChI=1S/C20H30N4O4/c1-19(2,3)18-22-15(28-23-18)9-8-10-17(26)27-13-16(25)24(4)20(14-21)11-6-5-7-12-20/h5-13H2,1-4H3. The number of nitriles is 1. The molecule has 0 radical (unpaired) electrons. The van der Waals surface area contributed by atoms with Crippen molar-refractivity contribution in [2.24, 2.45) is 0 Å². The van der Waals surface area contributed by atoms with Crippen molar-refractivity contribution in [3.8, 4) is 6.07 Å². The molecule has 1 heterocycles. The summed E-state index contributed by atoms with van der Waals surface area (Å²) in [5.74, 6) is 0.324. The summed E-state index contributed by atoms with van der Waals surface area (Å²) in [5.41, 5.74) is -0.962. The van der Waals surface area contributed by atoms with Gasteiger partial charge in [0.2, 0.25) is 5.89 Å². The van der Waals surface area contributed by atoms with Gasteiger partial charge in [-0.05, 0) is 19.3 Å². The molecule has 0 spiro atoms. The Labute approximate surface area is 166 Å². The lowest BCUT2D eigenvalue weighted by molar-refractivity contribution is -0.153. The minimum atomic E-state index is -0.773. The first-order chi connectivity index (χ1) is 13.2. The summed E-state index contributed by atoms with van der Waals surface area (Å²) in [5, 5.41) is 13.5. The van der Waals surface area contributed by atoms with Crippen LogP contribution in [0.15, 0.2) is 4.52 Å². The highest BCUT2D eigenvalue weighted by Crippen LogP contribution is 2.32.